The quantitative estimate of drug-likeness (QED) is 0.852. The molecular weight excluding hydrogens is 271 g/mol. The monoisotopic (exact) mass is 294 g/mol. The highest BCUT2D eigenvalue weighted by Crippen LogP contribution is 2.26. The molecule has 2 unspecified atom stereocenters. The fraction of sp³-hybridized carbons (Fsp3) is 0.600. The van der Waals surface area contributed by atoms with E-state index < -0.39 is 0 Å². The Morgan fingerprint density at radius 1 is 1.62 bits per heavy atom. The number of carbonyl (C=O) groups excluding carboxylic acids is 1. The smallest absolute Gasteiger partial charge is 0.224 e. The first-order chi connectivity index (χ1) is 10.1. The maximum absolute atomic E-state index is 13.3. The maximum Gasteiger partial charge on any atom is 0.224 e. The predicted octanol–water partition coefficient (Wildman–Crippen LogP) is 1.07. The van der Waals surface area contributed by atoms with Crippen molar-refractivity contribution in [3.63, 3.8) is 0 Å². The van der Waals surface area contributed by atoms with Crippen LogP contribution in [0.15, 0.2) is 18.5 Å². The number of nitrogens with one attached hydrogen (secondary N) is 1. The average molecular weight is 294 g/mol. The second-order valence-electron chi connectivity index (χ2n) is 5.53. The van der Waals surface area contributed by atoms with Crippen molar-refractivity contribution < 1.29 is 9.18 Å². The van der Waals surface area contributed by atoms with Gasteiger partial charge in [0.1, 0.15) is 5.82 Å². The second kappa shape index (κ2) is 7.47. The molecule has 1 aromatic rings. The second-order valence-corrected chi connectivity index (χ2v) is 5.53. The molecule has 0 saturated carbocycles. The summed E-state index contributed by atoms with van der Waals surface area (Å²) in [5.74, 6) is -0.280. The van der Waals surface area contributed by atoms with Crippen molar-refractivity contribution in [3.05, 3.63) is 29.8 Å². The largest absolute Gasteiger partial charge is 0.355 e. The molecular formula is C15H23FN4O. The van der Waals surface area contributed by atoms with Gasteiger partial charge in [-0.1, -0.05) is 0 Å². The van der Waals surface area contributed by atoms with E-state index in [1.165, 1.54) is 12.3 Å². The number of rotatable bonds is 5. The molecule has 2 heterocycles. The predicted molar refractivity (Wildman–Crippen MR) is 79.0 cm³/mol. The van der Waals surface area contributed by atoms with Gasteiger partial charge in [-0.2, -0.15) is 0 Å². The van der Waals surface area contributed by atoms with Gasteiger partial charge in [0.25, 0.3) is 0 Å². The molecule has 0 aliphatic carbocycles. The van der Waals surface area contributed by atoms with E-state index in [1.807, 2.05) is 6.92 Å². The summed E-state index contributed by atoms with van der Waals surface area (Å²) >= 11 is 0. The minimum absolute atomic E-state index is 0.0192. The third-order valence-electron chi connectivity index (χ3n) is 4.02. The van der Waals surface area contributed by atoms with E-state index in [-0.39, 0.29) is 23.7 Å². The number of nitrogens with zero attached hydrogens (tertiary/aromatic N) is 2. The third kappa shape index (κ3) is 4.22. The number of halogens is 1. The van der Waals surface area contributed by atoms with Crippen molar-refractivity contribution in [3.8, 4) is 0 Å². The van der Waals surface area contributed by atoms with Crippen LogP contribution in [0.25, 0.3) is 0 Å². The normalized spacial score (nSPS) is 21.0. The fourth-order valence-corrected chi connectivity index (χ4v) is 2.78. The van der Waals surface area contributed by atoms with E-state index >= 15 is 0 Å². The van der Waals surface area contributed by atoms with Crippen molar-refractivity contribution in [1.82, 2.24) is 15.2 Å². The van der Waals surface area contributed by atoms with Crippen molar-refractivity contribution >= 4 is 5.91 Å². The first kappa shape index (κ1) is 15.9. The molecule has 1 amide bonds. The number of hydrogen-bond donors (Lipinski definition) is 2. The van der Waals surface area contributed by atoms with E-state index in [4.69, 9.17) is 5.73 Å². The molecule has 0 aromatic carbocycles. The molecule has 2 atom stereocenters. The molecule has 5 nitrogen and oxygen atoms in total. The third-order valence-corrected chi connectivity index (χ3v) is 4.02. The summed E-state index contributed by atoms with van der Waals surface area (Å²) in [7, 11) is 0. The number of amides is 1. The van der Waals surface area contributed by atoms with E-state index in [9.17, 15) is 9.18 Å². The molecule has 1 aliphatic heterocycles. The van der Waals surface area contributed by atoms with Crippen LogP contribution in [0.4, 0.5) is 4.39 Å². The Morgan fingerprint density at radius 3 is 3.14 bits per heavy atom. The minimum atomic E-state index is -0.325. The van der Waals surface area contributed by atoms with Crippen LogP contribution in [0, 0.1) is 11.7 Å². The lowest BCUT2D eigenvalue weighted by atomic mass is 9.95. The Kier molecular flexibility index (Phi) is 5.64. The van der Waals surface area contributed by atoms with Gasteiger partial charge in [0.05, 0.1) is 12.1 Å². The Balaban J connectivity index is 1.98. The van der Waals surface area contributed by atoms with Gasteiger partial charge >= 0.3 is 0 Å². The lowest BCUT2D eigenvalue weighted by Crippen LogP contribution is -2.44. The van der Waals surface area contributed by atoms with Gasteiger partial charge in [-0.15, -0.1) is 0 Å². The van der Waals surface area contributed by atoms with Gasteiger partial charge < -0.3 is 11.1 Å². The molecule has 1 aromatic heterocycles. The maximum atomic E-state index is 13.3. The summed E-state index contributed by atoms with van der Waals surface area (Å²) < 4.78 is 13.3. The van der Waals surface area contributed by atoms with Crippen LogP contribution in [-0.2, 0) is 4.79 Å². The molecule has 3 N–H and O–H groups in total. The summed E-state index contributed by atoms with van der Waals surface area (Å²) in [5, 5.41) is 2.85. The number of pyridine rings is 1. The molecule has 1 saturated heterocycles. The first-order valence-corrected chi connectivity index (χ1v) is 7.44. The Labute approximate surface area is 124 Å². The molecule has 0 bridgehead atoms. The lowest BCUT2D eigenvalue weighted by Gasteiger charge is -2.36. The number of aromatic nitrogens is 1. The molecule has 0 radical (unpaired) electrons. The summed E-state index contributed by atoms with van der Waals surface area (Å²) in [6.45, 7) is 4.59. The van der Waals surface area contributed by atoms with Crippen LogP contribution in [0.2, 0.25) is 0 Å². The van der Waals surface area contributed by atoms with Crippen LogP contribution in [0.3, 0.4) is 0 Å². The molecule has 6 heteroatoms. The van der Waals surface area contributed by atoms with E-state index in [0.717, 1.165) is 24.9 Å². The van der Waals surface area contributed by atoms with Gasteiger partial charge in [0.2, 0.25) is 5.91 Å². The van der Waals surface area contributed by atoms with E-state index in [1.54, 1.807) is 6.20 Å². The van der Waals surface area contributed by atoms with Gasteiger partial charge in [-0.3, -0.25) is 14.7 Å². The highest BCUT2D eigenvalue weighted by atomic mass is 19.1. The number of carbonyl (C=O) groups is 1. The van der Waals surface area contributed by atoms with Gasteiger partial charge in [-0.05, 0) is 37.9 Å². The van der Waals surface area contributed by atoms with Crippen molar-refractivity contribution in [2.45, 2.75) is 25.8 Å². The molecule has 21 heavy (non-hydrogen) atoms. The van der Waals surface area contributed by atoms with Gasteiger partial charge in [0.15, 0.2) is 0 Å². The molecule has 0 spiro atoms. The van der Waals surface area contributed by atoms with Crippen LogP contribution >= 0.6 is 0 Å². The Bertz CT molecular complexity index is 482. The summed E-state index contributed by atoms with van der Waals surface area (Å²) in [5.41, 5.74) is 6.25. The molecule has 116 valence electrons. The first-order valence-electron chi connectivity index (χ1n) is 7.44. The molecule has 2 rings (SSSR count). The zero-order valence-corrected chi connectivity index (χ0v) is 12.4. The Hall–Kier alpha value is -1.53. The van der Waals surface area contributed by atoms with Crippen LogP contribution in [0.5, 0.6) is 0 Å². The summed E-state index contributed by atoms with van der Waals surface area (Å²) in [6, 6.07) is 1.56. The lowest BCUT2D eigenvalue weighted by molar-refractivity contribution is -0.126. The van der Waals surface area contributed by atoms with Gasteiger partial charge in [-0.25, -0.2) is 4.39 Å². The minimum Gasteiger partial charge on any atom is -0.355 e. The fourth-order valence-electron chi connectivity index (χ4n) is 2.78. The number of likely N-dealkylation sites (tertiary alicyclic amines) is 1. The Morgan fingerprint density at radius 2 is 2.43 bits per heavy atom. The van der Waals surface area contributed by atoms with Crippen molar-refractivity contribution in [1.29, 1.82) is 0 Å². The molecule has 1 aliphatic rings. The zero-order valence-electron chi connectivity index (χ0n) is 12.4. The summed E-state index contributed by atoms with van der Waals surface area (Å²) in [4.78, 5) is 18.2. The van der Waals surface area contributed by atoms with Crippen LogP contribution < -0.4 is 11.1 Å². The highest BCUT2D eigenvalue weighted by molar-refractivity contribution is 5.78. The summed E-state index contributed by atoms with van der Waals surface area (Å²) in [6.07, 6.45) is 4.75. The topological polar surface area (TPSA) is 71.2 Å². The van der Waals surface area contributed by atoms with Crippen LogP contribution in [-0.4, -0.2) is 42.0 Å². The number of piperidine rings is 1. The van der Waals surface area contributed by atoms with E-state index in [0.29, 0.717) is 19.6 Å². The van der Waals surface area contributed by atoms with Crippen molar-refractivity contribution in [2.24, 2.45) is 11.7 Å². The van der Waals surface area contributed by atoms with E-state index in [2.05, 4.69) is 15.2 Å². The standard InChI is InChI=1S/C15H23FN4O/c1-11(13-7-14(16)9-18-8-13)20-6-2-3-12(10-20)15(21)19-5-4-17/h7-9,11-12H,2-6,10,17H2,1H3,(H,19,21). The zero-order chi connectivity index (χ0) is 15.2. The van der Waals surface area contributed by atoms with Crippen molar-refractivity contribution in [2.75, 3.05) is 26.2 Å². The van der Waals surface area contributed by atoms with Gasteiger partial charge in [0, 0.05) is 31.9 Å². The SMILES string of the molecule is CC(c1cncc(F)c1)N1CCCC(C(=O)NCCN)C1. The highest BCUT2D eigenvalue weighted by Gasteiger charge is 2.28. The average Bonchev–Trinajstić information content (AvgIpc) is 2.52. The van der Waals surface area contributed by atoms with Crippen LogP contribution in [0.1, 0.15) is 31.4 Å². The number of nitrogens with two attached hydrogens (primary N) is 1. The number of hydrogen-bond acceptors (Lipinski definition) is 4. The molecule has 1 fully saturated rings.